The zero-order valence-corrected chi connectivity index (χ0v) is 13.5. The standard InChI is InChI=1S/C17H24O4/c1-6-10-17(15(18)20-7-2)16(4,21-17)13-11-12(3)8-9-14(13)19-5/h8-9,11H,6-7,10H2,1-5H3. The highest BCUT2D eigenvalue weighted by Gasteiger charge is 2.73. The molecule has 1 aromatic rings. The molecule has 0 amide bonds. The molecule has 2 atom stereocenters. The van der Waals surface area contributed by atoms with E-state index in [0.717, 1.165) is 23.3 Å². The van der Waals surface area contributed by atoms with Gasteiger partial charge in [-0.05, 0) is 39.3 Å². The predicted octanol–water partition coefficient (Wildman–Crippen LogP) is 3.35. The SMILES string of the molecule is CCCC1(C(=O)OCC)OC1(C)c1cc(C)ccc1OC. The second-order valence-corrected chi connectivity index (χ2v) is 5.64. The zero-order chi connectivity index (χ0) is 15.7. The lowest BCUT2D eigenvalue weighted by molar-refractivity contribution is -0.149. The molecule has 2 rings (SSSR count). The van der Waals surface area contributed by atoms with Crippen LogP contribution in [0.4, 0.5) is 0 Å². The van der Waals surface area contributed by atoms with E-state index in [1.54, 1.807) is 7.11 Å². The van der Waals surface area contributed by atoms with Gasteiger partial charge in [0.05, 0.1) is 13.7 Å². The Morgan fingerprint density at radius 1 is 1.33 bits per heavy atom. The Balaban J connectivity index is 2.43. The fourth-order valence-corrected chi connectivity index (χ4v) is 3.02. The van der Waals surface area contributed by atoms with Crippen molar-refractivity contribution < 1.29 is 19.0 Å². The fourth-order valence-electron chi connectivity index (χ4n) is 3.02. The Bertz CT molecular complexity index is 540. The molecular formula is C17H24O4. The third kappa shape index (κ3) is 2.42. The largest absolute Gasteiger partial charge is 0.496 e. The summed E-state index contributed by atoms with van der Waals surface area (Å²) in [7, 11) is 1.63. The van der Waals surface area contributed by atoms with Crippen LogP contribution in [-0.4, -0.2) is 25.3 Å². The Hall–Kier alpha value is -1.55. The van der Waals surface area contributed by atoms with Gasteiger partial charge in [-0.2, -0.15) is 0 Å². The van der Waals surface area contributed by atoms with E-state index < -0.39 is 11.2 Å². The summed E-state index contributed by atoms with van der Waals surface area (Å²) in [6, 6.07) is 5.93. The van der Waals surface area contributed by atoms with Crippen molar-refractivity contribution in [1.82, 2.24) is 0 Å². The van der Waals surface area contributed by atoms with Crippen molar-refractivity contribution in [3.63, 3.8) is 0 Å². The second-order valence-electron chi connectivity index (χ2n) is 5.64. The molecule has 1 aliphatic heterocycles. The second kappa shape index (κ2) is 5.68. The van der Waals surface area contributed by atoms with Crippen molar-refractivity contribution in [3.05, 3.63) is 29.3 Å². The molecule has 0 spiro atoms. The van der Waals surface area contributed by atoms with Crippen LogP contribution in [-0.2, 0) is 19.9 Å². The van der Waals surface area contributed by atoms with Gasteiger partial charge in [-0.3, -0.25) is 0 Å². The first-order valence-electron chi connectivity index (χ1n) is 7.47. The third-order valence-corrected chi connectivity index (χ3v) is 4.18. The third-order valence-electron chi connectivity index (χ3n) is 4.18. The van der Waals surface area contributed by atoms with Gasteiger partial charge < -0.3 is 14.2 Å². The molecule has 4 nitrogen and oxygen atoms in total. The first-order valence-corrected chi connectivity index (χ1v) is 7.47. The van der Waals surface area contributed by atoms with Crippen LogP contribution >= 0.6 is 0 Å². The number of hydrogen-bond acceptors (Lipinski definition) is 4. The van der Waals surface area contributed by atoms with Crippen LogP contribution in [0.3, 0.4) is 0 Å². The van der Waals surface area contributed by atoms with Gasteiger partial charge >= 0.3 is 5.97 Å². The molecule has 0 radical (unpaired) electrons. The minimum Gasteiger partial charge on any atom is -0.496 e. The van der Waals surface area contributed by atoms with E-state index >= 15 is 0 Å². The minimum absolute atomic E-state index is 0.280. The van der Waals surface area contributed by atoms with Crippen LogP contribution in [0, 0.1) is 6.92 Å². The van der Waals surface area contributed by atoms with Crippen molar-refractivity contribution in [2.45, 2.75) is 51.7 Å². The number of benzene rings is 1. The number of carbonyl (C=O) groups excluding carboxylic acids is 1. The van der Waals surface area contributed by atoms with Crippen molar-refractivity contribution in [2.24, 2.45) is 0 Å². The molecule has 1 saturated heterocycles. The van der Waals surface area contributed by atoms with E-state index in [0.29, 0.717) is 13.0 Å². The van der Waals surface area contributed by atoms with Gasteiger partial charge in [0.1, 0.15) is 11.4 Å². The highest BCUT2D eigenvalue weighted by atomic mass is 16.7. The number of ether oxygens (including phenoxy) is 3. The number of methoxy groups -OCH3 is 1. The molecule has 1 fully saturated rings. The lowest BCUT2D eigenvalue weighted by Gasteiger charge is -2.18. The van der Waals surface area contributed by atoms with Gasteiger partial charge in [0, 0.05) is 5.56 Å². The summed E-state index contributed by atoms with van der Waals surface area (Å²) >= 11 is 0. The van der Waals surface area contributed by atoms with Crippen molar-refractivity contribution in [1.29, 1.82) is 0 Å². The highest BCUT2D eigenvalue weighted by molar-refractivity contribution is 5.85. The summed E-state index contributed by atoms with van der Waals surface area (Å²) in [6.07, 6.45) is 1.49. The van der Waals surface area contributed by atoms with Gasteiger partial charge in [0.25, 0.3) is 0 Å². The molecule has 21 heavy (non-hydrogen) atoms. The highest BCUT2D eigenvalue weighted by Crippen LogP contribution is 2.60. The molecule has 1 heterocycles. The Morgan fingerprint density at radius 3 is 2.62 bits per heavy atom. The van der Waals surface area contributed by atoms with Crippen molar-refractivity contribution in [2.75, 3.05) is 13.7 Å². The van der Waals surface area contributed by atoms with E-state index in [1.165, 1.54) is 0 Å². The van der Waals surface area contributed by atoms with Crippen LogP contribution in [0.25, 0.3) is 0 Å². The van der Waals surface area contributed by atoms with Gasteiger partial charge in [-0.1, -0.05) is 25.0 Å². The number of rotatable bonds is 6. The molecule has 0 aliphatic carbocycles. The lowest BCUT2D eigenvalue weighted by atomic mass is 9.83. The van der Waals surface area contributed by atoms with Gasteiger partial charge in [-0.25, -0.2) is 4.79 Å². The van der Waals surface area contributed by atoms with E-state index in [9.17, 15) is 4.79 Å². The predicted molar refractivity (Wildman–Crippen MR) is 80.4 cm³/mol. The first kappa shape index (κ1) is 15.8. The fraction of sp³-hybridized carbons (Fsp3) is 0.588. The summed E-state index contributed by atoms with van der Waals surface area (Å²) in [5.74, 6) is 0.461. The quantitative estimate of drug-likeness (QED) is 0.596. The van der Waals surface area contributed by atoms with E-state index in [4.69, 9.17) is 14.2 Å². The van der Waals surface area contributed by atoms with Crippen LogP contribution in [0.1, 0.15) is 44.7 Å². The van der Waals surface area contributed by atoms with E-state index in [2.05, 4.69) is 0 Å². The molecule has 1 aromatic carbocycles. The molecule has 116 valence electrons. The van der Waals surface area contributed by atoms with Crippen LogP contribution in [0.15, 0.2) is 18.2 Å². The van der Waals surface area contributed by atoms with Gasteiger partial charge in [-0.15, -0.1) is 0 Å². The molecule has 1 aliphatic rings. The minimum atomic E-state index is -0.890. The number of aryl methyl sites for hydroxylation is 1. The molecule has 0 bridgehead atoms. The van der Waals surface area contributed by atoms with Crippen LogP contribution in [0.2, 0.25) is 0 Å². The number of carbonyl (C=O) groups is 1. The summed E-state index contributed by atoms with van der Waals surface area (Å²) in [5.41, 5.74) is 0.439. The van der Waals surface area contributed by atoms with Crippen molar-refractivity contribution >= 4 is 5.97 Å². The van der Waals surface area contributed by atoms with Crippen molar-refractivity contribution in [3.8, 4) is 5.75 Å². The maximum Gasteiger partial charge on any atom is 0.341 e. The number of epoxide rings is 1. The van der Waals surface area contributed by atoms with Crippen LogP contribution < -0.4 is 4.74 Å². The summed E-state index contributed by atoms with van der Waals surface area (Å²) in [4.78, 5) is 12.4. The molecule has 0 aromatic heterocycles. The zero-order valence-electron chi connectivity index (χ0n) is 13.5. The average molecular weight is 292 g/mol. The van der Waals surface area contributed by atoms with E-state index in [-0.39, 0.29) is 5.97 Å². The Kier molecular flexibility index (Phi) is 4.28. The topological polar surface area (TPSA) is 48.1 Å². The number of hydrogen-bond donors (Lipinski definition) is 0. The average Bonchev–Trinajstić information content (AvgIpc) is 3.07. The first-order chi connectivity index (χ1) is 9.95. The summed E-state index contributed by atoms with van der Waals surface area (Å²) < 4.78 is 16.7. The monoisotopic (exact) mass is 292 g/mol. The smallest absolute Gasteiger partial charge is 0.341 e. The van der Waals surface area contributed by atoms with Gasteiger partial charge in [0.2, 0.25) is 0 Å². The normalized spacial score (nSPS) is 27.3. The maximum atomic E-state index is 12.4. The Morgan fingerprint density at radius 2 is 2.05 bits per heavy atom. The molecule has 4 heteroatoms. The molecule has 0 saturated carbocycles. The van der Waals surface area contributed by atoms with Crippen LogP contribution in [0.5, 0.6) is 5.75 Å². The summed E-state index contributed by atoms with van der Waals surface area (Å²) in [6.45, 7) is 8.16. The Labute approximate surface area is 126 Å². The van der Waals surface area contributed by atoms with Gasteiger partial charge in [0.15, 0.2) is 5.60 Å². The molecular weight excluding hydrogens is 268 g/mol. The van der Waals surface area contributed by atoms with E-state index in [1.807, 2.05) is 45.9 Å². The molecule has 0 N–H and O–H groups in total. The summed E-state index contributed by atoms with van der Waals surface area (Å²) in [5, 5.41) is 0. The number of esters is 1. The maximum absolute atomic E-state index is 12.4. The molecule has 2 unspecified atom stereocenters. The lowest BCUT2D eigenvalue weighted by Crippen LogP contribution is -2.33.